The number of sulfonamides is 1. The summed E-state index contributed by atoms with van der Waals surface area (Å²) in [6, 6.07) is 5.98. The molecule has 0 saturated heterocycles. The maximum Gasteiger partial charge on any atom is 0.306 e. The molecule has 1 aromatic heterocycles. The highest BCUT2D eigenvalue weighted by Gasteiger charge is 2.16. The van der Waals surface area contributed by atoms with Gasteiger partial charge >= 0.3 is 5.97 Å². The van der Waals surface area contributed by atoms with E-state index >= 15 is 0 Å². The lowest BCUT2D eigenvalue weighted by Gasteiger charge is -2.10. The monoisotopic (exact) mass is 296 g/mol. The minimum atomic E-state index is -3.89. The van der Waals surface area contributed by atoms with Crippen molar-refractivity contribution in [2.24, 2.45) is 5.14 Å². The normalized spacial score (nSPS) is 11.4. The van der Waals surface area contributed by atoms with Gasteiger partial charge in [0.25, 0.3) is 0 Å². The molecule has 20 heavy (non-hydrogen) atoms. The zero-order valence-corrected chi connectivity index (χ0v) is 11.1. The van der Waals surface area contributed by atoms with Crippen LogP contribution in [0.15, 0.2) is 35.4 Å². The number of hydrogen-bond donors (Lipinski definition) is 2. The van der Waals surface area contributed by atoms with Gasteiger partial charge in [0.2, 0.25) is 10.0 Å². The van der Waals surface area contributed by atoms with Crippen LogP contribution in [-0.4, -0.2) is 31.1 Å². The Morgan fingerprint density at radius 3 is 2.75 bits per heavy atom. The number of nitrogens with two attached hydrogens (primary N) is 1. The fourth-order valence-corrected chi connectivity index (χ4v) is 2.41. The Morgan fingerprint density at radius 1 is 1.35 bits per heavy atom. The molecule has 0 radical (unpaired) electrons. The number of pyridine rings is 1. The van der Waals surface area contributed by atoms with Gasteiger partial charge in [-0.3, -0.25) is 9.78 Å². The Hall–Kier alpha value is -2.19. The zero-order chi connectivity index (χ0) is 14.8. The predicted octanol–water partition coefficient (Wildman–Crippen LogP) is 0.736. The number of nitrogens with zero attached hydrogens (tertiary/aromatic N) is 1. The van der Waals surface area contributed by atoms with Crippen molar-refractivity contribution in [3.05, 3.63) is 30.5 Å². The molecule has 0 aliphatic rings. The van der Waals surface area contributed by atoms with Crippen molar-refractivity contribution in [1.82, 2.24) is 4.98 Å². The Morgan fingerprint density at radius 2 is 2.10 bits per heavy atom. The molecule has 7 nitrogen and oxygen atoms in total. The van der Waals surface area contributed by atoms with Crippen molar-refractivity contribution < 1.29 is 23.1 Å². The van der Waals surface area contributed by atoms with E-state index in [-0.39, 0.29) is 23.4 Å². The van der Waals surface area contributed by atoms with Crippen LogP contribution >= 0.6 is 0 Å². The number of carboxylic acids is 1. The molecule has 0 aliphatic heterocycles. The molecule has 0 atom stereocenters. The first-order valence-electron chi connectivity index (χ1n) is 5.65. The van der Waals surface area contributed by atoms with Crippen molar-refractivity contribution in [2.45, 2.75) is 11.3 Å². The van der Waals surface area contributed by atoms with Crippen molar-refractivity contribution >= 4 is 26.9 Å². The largest absolute Gasteiger partial charge is 0.492 e. The summed E-state index contributed by atoms with van der Waals surface area (Å²) in [7, 11) is -3.89. The molecule has 0 aliphatic carbocycles. The molecule has 0 amide bonds. The lowest BCUT2D eigenvalue weighted by Crippen LogP contribution is -2.13. The number of benzene rings is 1. The van der Waals surface area contributed by atoms with Gasteiger partial charge in [0, 0.05) is 11.6 Å². The molecule has 0 spiro atoms. The SMILES string of the molecule is NS(=O)(=O)c1ccc(OCCC(=O)O)c2cccnc12. The standard InChI is InChI=1S/C12H12N2O5S/c13-20(17,18)10-4-3-9(19-7-5-11(15)16)8-2-1-6-14-12(8)10/h1-4,6H,5,7H2,(H,15,16)(H2,13,17,18). The first-order chi connectivity index (χ1) is 9.39. The lowest BCUT2D eigenvalue weighted by molar-refractivity contribution is -0.137. The Labute approximate surface area is 115 Å². The van der Waals surface area contributed by atoms with Crippen molar-refractivity contribution in [3.8, 4) is 5.75 Å². The predicted molar refractivity (Wildman–Crippen MR) is 70.9 cm³/mol. The first-order valence-corrected chi connectivity index (χ1v) is 7.19. The van der Waals surface area contributed by atoms with Crippen LogP contribution in [0.2, 0.25) is 0 Å². The van der Waals surface area contributed by atoms with Crippen LogP contribution < -0.4 is 9.88 Å². The number of aliphatic carboxylic acids is 1. The summed E-state index contributed by atoms with van der Waals surface area (Å²) in [6.45, 7) is -0.0198. The fraction of sp³-hybridized carbons (Fsp3) is 0.167. The van der Waals surface area contributed by atoms with Gasteiger partial charge in [-0.25, -0.2) is 13.6 Å². The van der Waals surface area contributed by atoms with Gasteiger partial charge in [-0.1, -0.05) is 0 Å². The third-order valence-corrected chi connectivity index (χ3v) is 3.52. The summed E-state index contributed by atoms with van der Waals surface area (Å²) in [5.41, 5.74) is 0.197. The van der Waals surface area contributed by atoms with E-state index in [0.717, 1.165) is 0 Å². The van der Waals surface area contributed by atoms with E-state index in [9.17, 15) is 13.2 Å². The number of carbonyl (C=O) groups is 1. The van der Waals surface area contributed by atoms with Crippen molar-refractivity contribution in [1.29, 1.82) is 0 Å². The van der Waals surface area contributed by atoms with Gasteiger partial charge < -0.3 is 9.84 Å². The molecule has 1 heterocycles. The second-order valence-electron chi connectivity index (χ2n) is 4.00. The van der Waals surface area contributed by atoms with E-state index in [1.165, 1.54) is 18.3 Å². The Bertz CT molecular complexity index is 758. The molecule has 8 heteroatoms. The molecular weight excluding hydrogens is 284 g/mol. The number of ether oxygens (including phenoxy) is 1. The second-order valence-corrected chi connectivity index (χ2v) is 5.53. The minimum Gasteiger partial charge on any atom is -0.492 e. The number of aromatic nitrogens is 1. The van der Waals surface area contributed by atoms with E-state index in [1.807, 2.05) is 0 Å². The second kappa shape index (κ2) is 5.43. The minimum absolute atomic E-state index is 0.0198. The van der Waals surface area contributed by atoms with Gasteiger partial charge in [-0.05, 0) is 24.3 Å². The number of hydrogen-bond acceptors (Lipinski definition) is 5. The summed E-state index contributed by atoms with van der Waals surface area (Å²) in [4.78, 5) is 14.3. The van der Waals surface area contributed by atoms with Crippen LogP contribution in [0.25, 0.3) is 10.9 Å². The summed E-state index contributed by atoms with van der Waals surface area (Å²) in [5.74, 6) is -0.615. The molecular formula is C12H12N2O5S. The zero-order valence-electron chi connectivity index (χ0n) is 10.3. The fourth-order valence-electron chi connectivity index (χ4n) is 1.72. The molecule has 0 fully saturated rings. The first kappa shape index (κ1) is 14.2. The number of fused-ring (bicyclic) bond motifs is 1. The average molecular weight is 296 g/mol. The van der Waals surface area contributed by atoms with Gasteiger partial charge in [-0.2, -0.15) is 0 Å². The van der Waals surface area contributed by atoms with Gasteiger partial charge in [-0.15, -0.1) is 0 Å². The number of carboxylic acid groups (broad SMARTS) is 1. The summed E-state index contributed by atoms with van der Waals surface area (Å²) in [5, 5.41) is 14.2. The smallest absolute Gasteiger partial charge is 0.306 e. The lowest BCUT2D eigenvalue weighted by atomic mass is 10.2. The van der Waals surface area contributed by atoms with Crippen LogP contribution in [-0.2, 0) is 14.8 Å². The maximum atomic E-state index is 11.5. The molecule has 3 N–H and O–H groups in total. The number of rotatable bonds is 5. The third kappa shape index (κ3) is 3.03. The molecule has 1 aromatic carbocycles. The number of primary sulfonamides is 1. The molecule has 0 saturated carbocycles. The van der Waals surface area contributed by atoms with Crippen LogP contribution in [0, 0.1) is 0 Å². The van der Waals surface area contributed by atoms with Crippen LogP contribution in [0.4, 0.5) is 0 Å². The van der Waals surface area contributed by atoms with E-state index in [0.29, 0.717) is 11.1 Å². The summed E-state index contributed by atoms with van der Waals surface area (Å²) < 4.78 is 28.3. The van der Waals surface area contributed by atoms with E-state index < -0.39 is 16.0 Å². The van der Waals surface area contributed by atoms with Gasteiger partial charge in [0.1, 0.15) is 10.6 Å². The molecule has 2 aromatic rings. The van der Waals surface area contributed by atoms with Crippen molar-refractivity contribution in [3.63, 3.8) is 0 Å². The maximum absolute atomic E-state index is 11.5. The summed E-state index contributed by atoms with van der Waals surface area (Å²) >= 11 is 0. The van der Waals surface area contributed by atoms with Crippen LogP contribution in [0.3, 0.4) is 0 Å². The summed E-state index contributed by atoms with van der Waals surface area (Å²) in [6.07, 6.45) is 1.29. The highest BCUT2D eigenvalue weighted by molar-refractivity contribution is 7.89. The average Bonchev–Trinajstić information content (AvgIpc) is 2.37. The third-order valence-electron chi connectivity index (χ3n) is 2.57. The quantitative estimate of drug-likeness (QED) is 0.839. The highest BCUT2D eigenvalue weighted by atomic mass is 32.2. The molecule has 0 unspecified atom stereocenters. The molecule has 2 rings (SSSR count). The molecule has 0 bridgehead atoms. The van der Waals surface area contributed by atoms with Crippen LogP contribution in [0.5, 0.6) is 5.75 Å². The van der Waals surface area contributed by atoms with E-state index in [1.54, 1.807) is 12.1 Å². The van der Waals surface area contributed by atoms with Gasteiger partial charge in [0.15, 0.2) is 0 Å². The molecule has 106 valence electrons. The van der Waals surface area contributed by atoms with Crippen molar-refractivity contribution in [2.75, 3.05) is 6.61 Å². The Kier molecular flexibility index (Phi) is 3.86. The Balaban J connectivity index is 2.46. The van der Waals surface area contributed by atoms with E-state index in [4.69, 9.17) is 15.0 Å². The highest BCUT2D eigenvalue weighted by Crippen LogP contribution is 2.28. The van der Waals surface area contributed by atoms with Crippen LogP contribution in [0.1, 0.15) is 6.42 Å². The van der Waals surface area contributed by atoms with E-state index in [2.05, 4.69) is 4.98 Å². The van der Waals surface area contributed by atoms with Gasteiger partial charge in [0.05, 0.1) is 18.5 Å². The topological polar surface area (TPSA) is 120 Å².